The molecule has 1 fully saturated rings. The molecule has 112 valence electrons. The second kappa shape index (κ2) is 7.07. The average molecular weight is 279 g/mol. The molecule has 20 heavy (non-hydrogen) atoms. The van der Waals surface area contributed by atoms with Gasteiger partial charge in [-0.25, -0.2) is 0 Å². The Labute approximate surface area is 121 Å². The normalized spacial score (nSPS) is 25.4. The fourth-order valence-electron chi connectivity index (χ4n) is 2.46. The van der Waals surface area contributed by atoms with Gasteiger partial charge in [-0.1, -0.05) is 24.6 Å². The van der Waals surface area contributed by atoms with Crippen molar-refractivity contribution in [2.24, 2.45) is 5.92 Å². The maximum atomic E-state index is 10.0. The van der Waals surface area contributed by atoms with Gasteiger partial charge < -0.3 is 14.9 Å². The predicted molar refractivity (Wildman–Crippen MR) is 78.9 cm³/mol. The SMILES string of the molecule is Cc1ccc(OCC(O)CN2CCC(C)C(O)C2)cc1. The first-order valence-corrected chi connectivity index (χ1v) is 7.32. The minimum atomic E-state index is -0.531. The topological polar surface area (TPSA) is 52.9 Å². The molecule has 1 aromatic carbocycles. The highest BCUT2D eigenvalue weighted by atomic mass is 16.5. The van der Waals surface area contributed by atoms with Crippen LogP contribution in [0, 0.1) is 12.8 Å². The molecule has 3 unspecified atom stereocenters. The van der Waals surface area contributed by atoms with Crippen molar-refractivity contribution in [2.45, 2.75) is 32.5 Å². The lowest BCUT2D eigenvalue weighted by molar-refractivity contribution is 0.000142. The van der Waals surface area contributed by atoms with Crippen LogP contribution in [0.25, 0.3) is 0 Å². The summed E-state index contributed by atoms with van der Waals surface area (Å²) < 4.78 is 5.57. The number of hydrogen-bond donors (Lipinski definition) is 2. The molecule has 0 bridgehead atoms. The van der Waals surface area contributed by atoms with Gasteiger partial charge >= 0.3 is 0 Å². The van der Waals surface area contributed by atoms with Gasteiger partial charge in [0.25, 0.3) is 0 Å². The van der Waals surface area contributed by atoms with Gasteiger partial charge in [0.05, 0.1) is 6.10 Å². The molecule has 1 aromatic rings. The molecule has 0 aliphatic carbocycles. The lowest BCUT2D eigenvalue weighted by atomic mass is 9.96. The number of ether oxygens (including phenoxy) is 1. The third-order valence-electron chi connectivity index (χ3n) is 3.94. The van der Waals surface area contributed by atoms with Crippen LogP contribution in [-0.2, 0) is 0 Å². The van der Waals surface area contributed by atoms with Gasteiger partial charge in [0, 0.05) is 13.1 Å². The smallest absolute Gasteiger partial charge is 0.119 e. The number of benzene rings is 1. The molecular weight excluding hydrogens is 254 g/mol. The maximum absolute atomic E-state index is 10.0. The molecule has 1 saturated heterocycles. The van der Waals surface area contributed by atoms with E-state index in [9.17, 15) is 10.2 Å². The number of aliphatic hydroxyl groups excluding tert-OH is 2. The third kappa shape index (κ3) is 4.47. The number of piperidine rings is 1. The third-order valence-corrected chi connectivity index (χ3v) is 3.94. The van der Waals surface area contributed by atoms with Gasteiger partial charge in [-0.15, -0.1) is 0 Å². The highest BCUT2D eigenvalue weighted by Gasteiger charge is 2.25. The van der Waals surface area contributed by atoms with Crippen molar-refractivity contribution in [1.82, 2.24) is 4.90 Å². The molecule has 0 amide bonds. The van der Waals surface area contributed by atoms with Gasteiger partial charge in [-0.3, -0.25) is 4.90 Å². The second-order valence-electron chi connectivity index (χ2n) is 5.87. The molecule has 1 heterocycles. The Morgan fingerprint density at radius 3 is 2.70 bits per heavy atom. The van der Waals surface area contributed by atoms with Crippen LogP contribution in [0.2, 0.25) is 0 Å². The fourth-order valence-corrected chi connectivity index (χ4v) is 2.46. The largest absolute Gasteiger partial charge is 0.491 e. The zero-order valence-electron chi connectivity index (χ0n) is 12.3. The molecule has 0 saturated carbocycles. The predicted octanol–water partition coefficient (Wildman–Crippen LogP) is 1.44. The second-order valence-corrected chi connectivity index (χ2v) is 5.87. The van der Waals surface area contributed by atoms with Crippen LogP contribution in [0.4, 0.5) is 0 Å². The molecule has 0 spiro atoms. The van der Waals surface area contributed by atoms with Gasteiger partial charge in [0.2, 0.25) is 0 Å². The Hall–Kier alpha value is -1.10. The zero-order valence-corrected chi connectivity index (χ0v) is 12.3. The Morgan fingerprint density at radius 1 is 1.35 bits per heavy atom. The molecule has 4 nitrogen and oxygen atoms in total. The number of rotatable bonds is 5. The van der Waals surface area contributed by atoms with E-state index in [1.165, 1.54) is 5.56 Å². The lowest BCUT2D eigenvalue weighted by Gasteiger charge is -2.35. The number of nitrogens with zero attached hydrogens (tertiary/aromatic N) is 1. The first kappa shape index (κ1) is 15.3. The average Bonchev–Trinajstić information content (AvgIpc) is 2.42. The molecule has 0 radical (unpaired) electrons. The van der Waals surface area contributed by atoms with Crippen molar-refractivity contribution in [2.75, 3.05) is 26.2 Å². The van der Waals surface area contributed by atoms with E-state index in [0.717, 1.165) is 18.7 Å². The van der Waals surface area contributed by atoms with Gasteiger partial charge in [0.1, 0.15) is 18.5 Å². The molecule has 4 heteroatoms. The highest BCUT2D eigenvalue weighted by molar-refractivity contribution is 5.26. The van der Waals surface area contributed by atoms with Crippen molar-refractivity contribution < 1.29 is 14.9 Å². The molecule has 0 aromatic heterocycles. The van der Waals surface area contributed by atoms with Crippen LogP contribution in [0.5, 0.6) is 5.75 Å². The molecular formula is C16H25NO3. The van der Waals surface area contributed by atoms with Gasteiger partial charge in [0.15, 0.2) is 0 Å². The highest BCUT2D eigenvalue weighted by Crippen LogP contribution is 2.17. The number of hydrogen-bond acceptors (Lipinski definition) is 4. The Bertz CT molecular complexity index is 407. The number of aryl methyl sites for hydroxylation is 1. The minimum Gasteiger partial charge on any atom is -0.491 e. The summed E-state index contributed by atoms with van der Waals surface area (Å²) in [5, 5.41) is 19.9. The summed E-state index contributed by atoms with van der Waals surface area (Å²) in [4.78, 5) is 2.10. The Kier molecular flexibility index (Phi) is 5.40. The van der Waals surface area contributed by atoms with Crippen LogP contribution in [0.15, 0.2) is 24.3 Å². The van der Waals surface area contributed by atoms with Crippen molar-refractivity contribution in [3.05, 3.63) is 29.8 Å². The van der Waals surface area contributed by atoms with Crippen LogP contribution >= 0.6 is 0 Å². The number of β-amino-alcohol motifs (C(OH)–C–C–N with tert-alkyl or cyclic N) is 2. The summed E-state index contributed by atoms with van der Waals surface area (Å²) in [6.07, 6.45) is 0.165. The molecule has 1 aliphatic heterocycles. The van der Waals surface area contributed by atoms with E-state index in [1.807, 2.05) is 31.2 Å². The van der Waals surface area contributed by atoms with E-state index >= 15 is 0 Å². The standard InChI is InChI=1S/C16H25NO3/c1-12-3-5-15(6-4-12)20-11-14(18)9-17-8-7-13(2)16(19)10-17/h3-6,13-14,16,18-19H,7-11H2,1-2H3. The van der Waals surface area contributed by atoms with E-state index in [2.05, 4.69) is 11.8 Å². The van der Waals surface area contributed by atoms with Crippen molar-refractivity contribution in [3.8, 4) is 5.75 Å². The minimum absolute atomic E-state index is 0.283. The Balaban J connectivity index is 1.72. The van der Waals surface area contributed by atoms with Gasteiger partial charge in [-0.05, 0) is 37.9 Å². The molecule has 2 rings (SSSR count). The van der Waals surface area contributed by atoms with E-state index in [0.29, 0.717) is 19.0 Å². The fraction of sp³-hybridized carbons (Fsp3) is 0.625. The van der Waals surface area contributed by atoms with Crippen LogP contribution in [0.1, 0.15) is 18.9 Å². The molecule has 1 aliphatic rings. The Morgan fingerprint density at radius 2 is 2.05 bits per heavy atom. The molecule has 2 N–H and O–H groups in total. The summed E-state index contributed by atoms with van der Waals surface area (Å²) in [6.45, 7) is 6.50. The zero-order chi connectivity index (χ0) is 14.5. The maximum Gasteiger partial charge on any atom is 0.119 e. The van der Waals surface area contributed by atoms with Crippen LogP contribution in [0.3, 0.4) is 0 Å². The van der Waals surface area contributed by atoms with E-state index in [1.54, 1.807) is 0 Å². The van der Waals surface area contributed by atoms with E-state index in [4.69, 9.17) is 4.74 Å². The van der Waals surface area contributed by atoms with Crippen molar-refractivity contribution >= 4 is 0 Å². The van der Waals surface area contributed by atoms with Crippen molar-refractivity contribution in [3.63, 3.8) is 0 Å². The summed E-state index contributed by atoms with van der Waals surface area (Å²) >= 11 is 0. The monoisotopic (exact) mass is 279 g/mol. The van der Waals surface area contributed by atoms with Crippen LogP contribution in [-0.4, -0.2) is 53.6 Å². The first-order valence-electron chi connectivity index (χ1n) is 7.32. The summed E-state index contributed by atoms with van der Waals surface area (Å²) in [5.41, 5.74) is 1.19. The van der Waals surface area contributed by atoms with Crippen LogP contribution < -0.4 is 4.74 Å². The van der Waals surface area contributed by atoms with Gasteiger partial charge in [-0.2, -0.15) is 0 Å². The molecule has 3 atom stereocenters. The number of likely N-dealkylation sites (tertiary alicyclic amines) is 1. The summed E-state index contributed by atoms with van der Waals surface area (Å²) in [5.74, 6) is 1.13. The van der Waals surface area contributed by atoms with E-state index < -0.39 is 6.10 Å². The lowest BCUT2D eigenvalue weighted by Crippen LogP contribution is -2.46. The summed E-state index contributed by atoms with van der Waals surface area (Å²) in [6, 6.07) is 7.80. The first-order chi connectivity index (χ1) is 9.54. The number of aliphatic hydroxyl groups is 2. The van der Waals surface area contributed by atoms with E-state index in [-0.39, 0.29) is 12.7 Å². The van der Waals surface area contributed by atoms with Crippen molar-refractivity contribution in [1.29, 1.82) is 0 Å². The quantitative estimate of drug-likeness (QED) is 0.856. The summed E-state index contributed by atoms with van der Waals surface area (Å²) in [7, 11) is 0.